The van der Waals surface area contributed by atoms with Crippen LogP contribution in [0.15, 0.2) is 4.52 Å². The molecule has 1 aromatic rings. The van der Waals surface area contributed by atoms with Gasteiger partial charge in [0.2, 0.25) is 5.89 Å². The molecule has 2 heterocycles. The van der Waals surface area contributed by atoms with Crippen molar-refractivity contribution < 1.29 is 19.2 Å². The number of amides is 2. The Hall–Kier alpha value is -2.12. The average Bonchev–Trinajstić information content (AvgIpc) is 2.94. The van der Waals surface area contributed by atoms with E-state index in [2.05, 4.69) is 15.5 Å². The van der Waals surface area contributed by atoms with Gasteiger partial charge in [-0.3, -0.25) is 4.79 Å². The van der Waals surface area contributed by atoms with E-state index >= 15 is 0 Å². The minimum atomic E-state index is -0.891. The maximum Gasteiger partial charge on any atom is 0.318 e. The third kappa shape index (κ3) is 3.43. The fourth-order valence-electron chi connectivity index (χ4n) is 2.18. The van der Waals surface area contributed by atoms with Gasteiger partial charge in [0.25, 0.3) is 0 Å². The van der Waals surface area contributed by atoms with Crippen molar-refractivity contribution in [2.45, 2.75) is 38.8 Å². The summed E-state index contributed by atoms with van der Waals surface area (Å²) >= 11 is 0. The van der Waals surface area contributed by atoms with Crippen LogP contribution in [0.25, 0.3) is 0 Å². The predicted octanol–water partition coefficient (Wildman–Crippen LogP) is 0.527. The molecule has 0 spiro atoms. The summed E-state index contributed by atoms with van der Waals surface area (Å²) in [5.74, 6) is -0.0498. The van der Waals surface area contributed by atoms with E-state index in [0.717, 1.165) is 12.8 Å². The van der Waals surface area contributed by atoms with E-state index in [1.807, 2.05) is 0 Å². The first-order chi connectivity index (χ1) is 9.06. The van der Waals surface area contributed by atoms with Crippen LogP contribution in [0.3, 0.4) is 0 Å². The van der Waals surface area contributed by atoms with Crippen LogP contribution in [0.2, 0.25) is 0 Å². The van der Waals surface area contributed by atoms with Crippen molar-refractivity contribution in [2.75, 3.05) is 6.54 Å². The molecule has 0 aromatic carbocycles. The number of rotatable bonds is 4. The van der Waals surface area contributed by atoms with Crippen molar-refractivity contribution in [3.63, 3.8) is 0 Å². The van der Waals surface area contributed by atoms with Gasteiger partial charge in [-0.25, -0.2) is 4.79 Å². The van der Waals surface area contributed by atoms with Crippen LogP contribution < -0.4 is 5.32 Å². The zero-order valence-corrected chi connectivity index (χ0v) is 10.6. The van der Waals surface area contributed by atoms with E-state index in [1.165, 1.54) is 0 Å². The number of likely N-dealkylation sites (tertiary alicyclic amines) is 1. The number of hydrogen-bond donors (Lipinski definition) is 2. The molecule has 1 unspecified atom stereocenters. The largest absolute Gasteiger partial charge is 0.481 e. The molecule has 2 N–H and O–H groups in total. The van der Waals surface area contributed by atoms with Crippen molar-refractivity contribution in [1.29, 1.82) is 0 Å². The van der Waals surface area contributed by atoms with Gasteiger partial charge < -0.3 is 19.8 Å². The van der Waals surface area contributed by atoms with Gasteiger partial charge in [0.05, 0.1) is 13.0 Å². The minimum Gasteiger partial charge on any atom is -0.481 e. The Labute approximate surface area is 109 Å². The smallest absolute Gasteiger partial charge is 0.318 e. The maximum atomic E-state index is 11.9. The van der Waals surface area contributed by atoms with Gasteiger partial charge in [-0.15, -0.1) is 0 Å². The lowest BCUT2D eigenvalue weighted by Crippen LogP contribution is -2.43. The highest BCUT2D eigenvalue weighted by Gasteiger charge is 2.30. The summed E-state index contributed by atoms with van der Waals surface area (Å²) < 4.78 is 4.88. The number of hydrogen-bond acceptors (Lipinski definition) is 5. The number of carbonyl (C=O) groups is 2. The molecule has 1 atom stereocenters. The first-order valence-electron chi connectivity index (χ1n) is 6.11. The SMILES string of the molecule is Cc1noc(CNC(=O)N2CCCC2CC(=O)O)n1. The molecule has 0 saturated carbocycles. The van der Waals surface area contributed by atoms with Crippen LogP contribution in [-0.4, -0.2) is 44.7 Å². The Morgan fingerprint density at radius 3 is 3.00 bits per heavy atom. The second kappa shape index (κ2) is 5.68. The van der Waals surface area contributed by atoms with Gasteiger partial charge in [0, 0.05) is 12.6 Å². The Kier molecular flexibility index (Phi) is 3.98. The van der Waals surface area contributed by atoms with Crippen LogP contribution in [0, 0.1) is 6.92 Å². The van der Waals surface area contributed by atoms with E-state index in [-0.39, 0.29) is 25.0 Å². The molecular weight excluding hydrogens is 252 g/mol. The number of aromatic nitrogens is 2. The van der Waals surface area contributed by atoms with Crippen LogP contribution >= 0.6 is 0 Å². The normalized spacial score (nSPS) is 18.6. The lowest BCUT2D eigenvalue weighted by Gasteiger charge is -2.23. The number of nitrogens with one attached hydrogen (secondary N) is 1. The molecule has 1 fully saturated rings. The molecule has 0 bridgehead atoms. The number of aliphatic carboxylic acids is 1. The van der Waals surface area contributed by atoms with Gasteiger partial charge in [0.1, 0.15) is 0 Å². The van der Waals surface area contributed by atoms with E-state index in [0.29, 0.717) is 18.3 Å². The predicted molar refractivity (Wildman–Crippen MR) is 63.3 cm³/mol. The molecule has 0 aliphatic carbocycles. The Balaban J connectivity index is 1.86. The van der Waals surface area contributed by atoms with E-state index < -0.39 is 5.97 Å². The quantitative estimate of drug-likeness (QED) is 0.824. The van der Waals surface area contributed by atoms with Crippen molar-refractivity contribution in [1.82, 2.24) is 20.4 Å². The van der Waals surface area contributed by atoms with Gasteiger partial charge in [-0.05, 0) is 19.8 Å². The topological polar surface area (TPSA) is 109 Å². The fourth-order valence-corrected chi connectivity index (χ4v) is 2.18. The summed E-state index contributed by atoms with van der Waals surface area (Å²) in [6.07, 6.45) is 1.53. The average molecular weight is 268 g/mol. The van der Waals surface area contributed by atoms with Crippen LogP contribution in [0.1, 0.15) is 31.0 Å². The lowest BCUT2D eigenvalue weighted by molar-refractivity contribution is -0.137. The number of urea groups is 1. The molecule has 19 heavy (non-hydrogen) atoms. The standard InChI is InChI=1S/C11H16N4O4/c1-7-13-9(19-14-7)6-12-11(18)15-4-2-3-8(15)5-10(16)17/h8H,2-6H2,1H3,(H,12,18)(H,16,17). The van der Waals surface area contributed by atoms with Crippen molar-refractivity contribution in [2.24, 2.45) is 0 Å². The first-order valence-corrected chi connectivity index (χ1v) is 6.11. The fraction of sp³-hybridized carbons (Fsp3) is 0.636. The summed E-state index contributed by atoms with van der Waals surface area (Å²) in [6.45, 7) is 2.42. The highest BCUT2D eigenvalue weighted by Crippen LogP contribution is 2.20. The molecular formula is C11H16N4O4. The molecule has 0 radical (unpaired) electrons. The van der Waals surface area contributed by atoms with Crippen LogP contribution in [0.4, 0.5) is 4.79 Å². The first kappa shape index (κ1) is 13.3. The molecule has 8 nitrogen and oxygen atoms in total. The molecule has 8 heteroatoms. The molecule has 2 amide bonds. The summed E-state index contributed by atoms with van der Waals surface area (Å²) in [4.78, 5) is 28.2. The molecule has 1 aromatic heterocycles. The van der Waals surface area contributed by atoms with Crippen LogP contribution in [0.5, 0.6) is 0 Å². The Morgan fingerprint density at radius 2 is 2.37 bits per heavy atom. The molecule has 2 rings (SSSR count). The molecule has 1 aliphatic rings. The number of nitrogens with zero attached hydrogens (tertiary/aromatic N) is 3. The third-order valence-corrected chi connectivity index (χ3v) is 3.01. The number of carbonyl (C=O) groups excluding carboxylic acids is 1. The minimum absolute atomic E-state index is 0.0207. The van der Waals surface area contributed by atoms with Gasteiger partial charge in [0.15, 0.2) is 5.82 Å². The van der Waals surface area contributed by atoms with Gasteiger partial charge >= 0.3 is 12.0 Å². The third-order valence-electron chi connectivity index (χ3n) is 3.01. The highest BCUT2D eigenvalue weighted by atomic mass is 16.5. The lowest BCUT2D eigenvalue weighted by atomic mass is 10.1. The summed E-state index contributed by atoms with van der Waals surface area (Å²) in [7, 11) is 0. The maximum absolute atomic E-state index is 11.9. The summed E-state index contributed by atoms with van der Waals surface area (Å²) in [5.41, 5.74) is 0. The van der Waals surface area contributed by atoms with Gasteiger partial charge in [-0.1, -0.05) is 5.16 Å². The second-order valence-corrected chi connectivity index (χ2v) is 4.48. The monoisotopic (exact) mass is 268 g/mol. The van der Waals surface area contributed by atoms with Crippen molar-refractivity contribution in [3.05, 3.63) is 11.7 Å². The van der Waals surface area contributed by atoms with Crippen molar-refractivity contribution >= 4 is 12.0 Å². The Bertz CT molecular complexity index is 473. The van der Waals surface area contributed by atoms with Crippen LogP contribution in [-0.2, 0) is 11.3 Å². The van der Waals surface area contributed by atoms with E-state index in [4.69, 9.17) is 9.63 Å². The van der Waals surface area contributed by atoms with E-state index in [9.17, 15) is 9.59 Å². The second-order valence-electron chi connectivity index (χ2n) is 4.48. The molecule has 1 saturated heterocycles. The highest BCUT2D eigenvalue weighted by molar-refractivity contribution is 5.76. The Morgan fingerprint density at radius 1 is 1.58 bits per heavy atom. The number of carboxylic acid groups (broad SMARTS) is 1. The number of aryl methyl sites for hydroxylation is 1. The summed E-state index contributed by atoms with van der Waals surface area (Å²) in [5, 5.41) is 15.1. The number of carboxylic acids is 1. The molecule has 1 aliphatic heterocycles. The zero-order chi connectivity index (χ0) is 13.8. The van der Waals surface area contributed by atoms with Gasteiger partial charge in [-0.2, -0.15) is 4.98 Å². The summed E-state index contributed by atoms with van der Waals surface area (Å²) in [6, 6.07) is -0.526. The van der Waals surface area contributed by atoms with Crippen molar-refractivity contribution in [3.8, 4) is 0 Å². The molecule has 104 valence electrons. The van der Waals surface area contributed by atoms with E-state index in [1.54, 1.807) is 11.8 Å². The zero-order valence-electron chi connectivity index (χ0n) is 10.6.